The predicted molar refractivity (Wildman–Crippen MR) is 54.1 cm³/mol. The number of esters is 1. The number of hydrogen-bond donors (Lipinski definition) is 0. The SMILES string of the molecule is CC(=O)OCCC(F)Cc1ccccn1. The topological polar surface area (TPSA) is 39.2 Å². The Balaban J connectivity index is 2.24. The first-order valence-corrected chi connectivity index (χ1v) is 4.86. The standard InChI is InChI=1S/C11H14FNO2/c1-9(14)15-7-5-10(12)8-11-4-2-3-6-13-11/h2-4,6,10H,5,7-8H2,1H3. The van der Waals surface area contributed by atoms with Crippen LogP contribution < -0.4 is 0 Å². The Morgan fingerprint density at radius 1 is 1.60 bits per heavy atom. The van der Waals surface area contributed by atoms with E-state index in [2.05, 4.69) is 9.72 Å². The third kappa shape index (κ3) is 5.10. The Bertz CT molecular complexity index is 303. The van der Waals surface area contributed by atoms with Gasteiger partial charge in [0.05, 0.1) is 6.61 Å². The molecule has 4 heteroatoms. The zero-order chi connectivity index (χ0) is 11.1. The number of aromatic nitrogens is 1. The first-order chi connectivity index (χ1) is 7.18. The molecule has 0 aliphatic heterocycles. The molecular formula is C11H14FNO2. The lowest BCUT2D eigenvalue weighted by molar-refractivity contribution is -0.141. The van der Waals surface area contributed by atoms with Gasteiger partial charge in [-0.05, 0) is 12.1 Å². The molecule has 82 valence electrons. The number of carbonyl (C=O) groups is 1. The first-order valence-electron chi connectivity index (χ1n) is 4.86. The van der Waals surface area contributed by atoms with E-state index in [9.17, 15) is 9.18 Å². The van der Waals surface area contributed by atoms with Gasteiger partial charge >= 0.3 is 5.97 Å². The zero-order valence-electron chi connectivity index (χ0n) is 8.65. The minimum atomic E-state index is -1.01. The van der Waals surface area contributed by atoms with E-state index in [4.69, 9.17) is 0 Å². The Morgan fingerprint density at radius 2 is 2.40 bits per heavy atom. The average Bonchev–Trinajstić information content (AvgIpc) is 2.18. The Kier molecular flexibility index (Phi) is 4.74. The number of ether oxygens (including phenoxy) is 1. The molecule has 0 aliphatic carbocycles. The minimum Gasteiger partial charge on any atom is -0.466 e. The molecule has 1 rings (SSSR count). The van der Waals surface area contributed by atoms with E-state index in [1.54, 1.807) is 18.3 Å². The van der Waals surface area contributed by atoms with Crippen LogP contribution in [0.1, 0.15) is 19.0 Å². The second-order valence-electron chi connectivity index (χ2n) is 3.25. The fraction of sp³-hybridized carbons (Fsp3) is 0.455. The van der Waals surface area contributed by atoms with Crippen molar-refractivity contribution in [2.75, 3.05) is 6.61 Å². The van der Waals surface area contributed by atoms with Crippen LogP contribution in [0.3, 0.4) is 0 Å². The van der Waals surface area contributed by atoms with Gasteiger partial charge in [-0.25, -0.2) is 4.39 Å². The molecule has 0 aromatic carbocycles. The van der Waals surface area contributed by atoms with Crippen molar-refractivity contribution in [1.29, 1.82) is 0 Å². The van der Waals surface area contributed by atoms with E-state index in [0.29, 0.717) is 5.69 Å². The monoisotopic (exact) mass is 211 g/mol. The summed E-state index contributed by atoms with van der Waals surface area (Å²) >= 11 is 0. The van der Waals surface area contributed by atoms with Crippen LogP contribution in [0.25, 0.3) is 0 Å². The summed E-state index contributed by atoms with van der Waals surface area (Å²) in [4.78, 5) is 14.4. The molecule has 0 saturated heterocycles. The van der Waals surface area contributed by atoms with Gasteiger partial charge in [0.2, 0.25) is 0 Å². The third-order valence-corrected chi connectivity index (χ3v) is 1.89. The molecule has 1 aromatic rings. The molecule has 0 radical (unpaired) electrons. The van der Waals surface area contributed by atoms with E-state index < -0.39 is 6.17 Å². The van der Waals surface area contributed by atoms with Gasteiger partial charge in [-0.1, -0.05) is 6.07 Å². The second kappa shape index (κ2) is 6.11. The Labute approximate surface area is 88.3 Å². The summed E-state index contributed by atoms with van der Waals surface area (Å²) in [5.41, 5.74) is 0.716. The number of alkyl halides is 1. The molecule has 3 nitrogen and oxygen atoms in total. The van der Waals surface area contributed by atoms with Crippen LogP contribution in [0.15, 0.2) is 24.4 Å². The van der Waals surface area contributed by atoms with Crippen molar-refractivity contribution in [3.05, 3.63) is 30.1 Å². The summed E-state index contributed by atoms with van der Waals surface area (Å²) < 4.78 is 18.0. The maximum Gasteiger partial charge on any atom is 0.302 e. The predicted octanol–water partition coefficient (Wildman–Crippen LogP) is 1.92. The molecule has 0 fully saturated rings. The average molecular weight is 211 g/mol. The van der Waals surface area contributed by atoms with Crippen molar-refractivity contribution in [2.45, 2.75) is 25.9 Å². The maximum atomic E-state index is 13.3. The molecule has 1 unspecified atom stereocenters. The number of halogens is 1. The maximum absolute atomic E-state index is 13.3. The van der Waals surface area contributed by atoms with Gasteiger partial charge in [-0.15, -0.1) is 0 Å². The van der Waals surface area contributed by atoms with E-state index in [1.165, 1.54) is 6.92 Å². The normalized spacial score (nSPS) is 12.1. The largest absolute Gasteiger partial charge is 0.466 e. The highest BCUT2D eigenvalue weighted by molar-refractivity contribution is 5.65. The van der Waals surface area contributed by atoms with Gasteiger partial charge in [0, 0.05) is 31.7 Å². The summed E-state index contributed by atoms with van der Waals surface area (Å²) in [7, 11) is 0. The summed E-state index contributed by atoms with van der Waals surface area (Å²) in [6.07, 6.45) is 1.10. The molecule has 0 saturated carbocycles. The molecule has 1 atom stereocenters. The summed E-state index contributed by atoms with van der Waals surface area (Å²) in [6, 6.07) is 5.38. The summed E-state index contributed by atoms with van der Waals surface area (Å²) in [5, 5.41) is 0. The third-order valence-electron chi connectivity index (χ3n) is 1.89. The fourth-order valence-electron chi connectivity index (χ4n) is 1.18. The van der Waals surface area contributed by atoms with Crippen LogP contribution in [-0.2, 0) is 16.0 Å². The van der Waals surface area contributed by atoms with Crippen molar-refractivity contribution in [1.82, 2.24) is 4.98 Å². The van der Waals surface area contributed by atoms with Crippen LogP contribution in [0, 0.1) is 0 Å². The molecule has 1 aromatic heterocycles. The quantitative estimate of drug-likeness (QED) is 0.698. The van der Waals surface area contributed by atoms with E-state index in [0.717, 1.165) is 0 Å². The van der Waals surface area contributed by atoms with Crippen molar-refractivity contribution < 1.29 is 13.9 Å². The Morgan fingerprint density at radius 3 is 3.00 bits per heavy atom. The van der Waals surface area contributed by atoms with Gasteiger partial charge in [0.1, 0.15) is 6.17 Å². The lowest BCUT2D eigenvalue weighted by Crippen LogP contribution is -2.11. The van der Waals surface area contributed by atoms with Crippen LogP contribution in [0.5, 0.6) is 0 Å². The number of pyridine rings is 1. The number of carbonyl (C=O) groups excluding carboxylic acids is 1. The lowest BCUT2D eigenvalue weighted by Gasteiger charge is -2.07. The van der Waals surface area contributed by atoms with Crippen molar-refractivity contribution >= 4 is 5.97 Å². The van der Waals surface area contributed by atoms with Crippen LogP contribution in [0.2, 0.25) is 0 Å². The van der Waals surface area contributed by atoms with Gasteiger partial charge < -0.3 is 4.74 Å². The highest BCUT2D eigenvalue weighted by atomic mass is 19.1. The summed E-state index contributed by atoms with van der Waals surface area (Å²) in [5.74, 6) is -0.375. The minimum absolute atomic E-state index is 0.128. The van der Waals surface area contributed by atoms with Crippen molar-refractivity contribution in [2.24, 2.45) is 0 Å². The van der Waals surface area contributed by atoms with Gasteiger partial charge in [0.25, 0.3) is 0 Å². The van der Waals surface area contributed by atoms with Crippen LogP contribution >= 0.6 is 0 Å². The van der Waals surface area contributed by atoms with Gasteiger partial charge in [0.15, 0.2) is 0 Å². The van der Waals surface area contributed by atoms with E-state index in [-0.39, 0.29) is 25.4 Å². The van der Waals surface area contributed by atoms with Gasteiger partial charge in [-0.2, -0.15) is 0 Å². The highest BCUT2D eigenvalue weighted by Crippen LogP contribution is 2.06. The number of nitrogens with zero attached hydrogens (tertiary/aromatic N) is 1. The number of hydrogen-bond acceptors (Lipinski definition) is 3. The molecule has 1 heterocycles. The summed E-state index contributed by atoms with van der Waals surface area (Å²) in [6.45, 7) is 1.44. The molecule has 0 bridgehead atoms. The molecular weight excluding hydrogens is 197 g/mol. The molecule has 15 heavy (non-hydrogen) atoms. The molecule has 0 spiro atoms. The Hall–Kier alpha value is -1.45. The lowest BCUT2D eigenvalue weighted by atomic mass is 10.1. The number of rotatable bonds is 5. The highest BCUT2D eigenvalue weighted by Gasteiger charge is 2.08. The van der Waals surface area contributed by atoms with Crippen molar-refractivity contribution in [3.8, 4) is 0 Å². The smallest absolute Gasteiger partial charge is 0.302 e. The zero-order valence-corrected chi connectivity index (χ0v) is 8.65. The second-order valence-corrected chi connectivity index (χ2v) is 3.25. The van der Waals surface area contributed by atoms with E-state index in [1.807, 2.05) is 6.07 Å². The molecule has 0 N–H and O–H groups in total. The first kappa shape index (κ1) is 11.6. The fourth-order valence-corrected chi connectivity index (χ4v) is 1.18. The van der Waals surface area contributed by atoms with Crippen molar-refractivity contribution in [3.63, 3.8) is 0 Å². The van der Waals surface area contributed by atoms with E-state index >= 15 is 0 Å². The molecule has 0 aliphatic rings. The van der Waals surface area contributed by atoms with Gasteiger partial charge in [-0.3, -0.25) is 9.78 Å². The van der Waals surface area contributed by atoms with Crippen LogP contribution in [0.4, 0.5) is 4.39 Å². The van der Waals surface area contributed by atoms with Crippen LogP contribution in [-0.4, -0.2) is 23.7 Å². The molecule has 0 amide bonds.